The van der Waals surface area contributed by atoms with Crippen molar-refractivity contribution in [3.05, 3.63) is 78.3 Å². The molecule has 1 fully saturated rings. The lowest BCUT2D eigenvalue weighted by Gasteiger charge is -2.06. The summed E-state index contributed by atoms with van der Waals surface area (Å²) in [7, 11) is 0. The lowest BCUT2D eigenvalue weighted by Crippen LogP contribution is -2.11. The van der Waals surface area contributed by atoms with Crippen molar-refractivity contribution in [2.75, 3.05) is 11.9 Å². The summed E-state index contributed by atoms with van der Waals surface area (Å²) in [6.45, 7) is 15.0. The van der Waals surface area contributed by atoms with E-state index in [0.717, 1.165) is 41.1 Å². The second kappa shape index (κ2) is 15.0. The molecule has 0 spiro atoms. The van der Waals surface area contributed by atoms with Gasteiger partial charge in [-0.2, -0.15) is 0 Å². The van der Waals surface area contributed by atoms with E-state index in [1.807, 2.05) is 50.5 Å². The molecule has 0 unspecified atom stereocenters. The molecule has 1 aromatic heterocycles. The molecule has 4 heteroatoms. The van der Waals surface area contributed by atoms with Crippen LogP contribution < -0.4 is 10.6 Å². The molecule has 0 atom stereocenters. The van der Waals surface area contributed by atoms with Crippen molar-refractivity contribution in [2.24, 2.45) is 5.92 Å². The highest BCUT2D eigenvalue weighted by atomic mass is 16.1. The number of carbonyl (C=O) groups excluding carboxylic acids is 1. The standard InChI is InChI=1S/C17H21N3O.C10H18/c1-4-13-9-17(21)20-16(13)7-6-12(3)14-8-15(19-5-2)11-18-10-14;1-4-5-6-7-8-9-10(2)3/h4,6-8,10-11,19H,5,9H2,1-3H3,(H,20,21);4,8-10H,1,5-7H2,2-3H3/b12-6+,13-4-,16-7+;9-8-. The Morgan fingerprint density at radius 1 is 1.32 bits per heavy atom. The number of nitrogens with one attached hydrogen (secondary N) is 2. The maximum Gasteiger partial charge on any atom is 0.228 e. The minimum Gasteiger partial charge on any atom is -0.384 e. The Morgan fingerprint density at radius 2 is 2.10 bits per heavy atom. The van der Waals surface area contributed by atoms with Gasteiger partial charge >= 0.3 is 0 Å². The third-order valence-corrected chi connectivity index (χ3v) is 4.69. The zero-order valence-corrected chi connectivity index (χ0v) is 19.9. The predicted octanol–water partition coefficient (Wildman–Crippen LogP) is 6.82. The fourth-order valence-corrected chi connectivity index (χ4v) is 2.96. The highest BCUT2D eigenvalue weighted by Gasteiger charge is 2.18. The molecule has 0 radical (unpaired) electrons. The van der Waals surface area contributed by atoms with Crippen LogP contribution in [0.2, 0.25) is 0 Å². The Morgan fingerprint density at radius 3 is 2.74 bits per heavy atom. The summed E-state index contributed by atoms with van der Waals surface area (Å²) in [5.41, 5.74) is 5.11. The summed E-state index contributed by atoms with van der Waals surface area (Å²) < 4.78 is 0. The van der Waals surface area contributed by atoms with Crippen molar-refractivity contribution in [1.82, 2.24) is 10.3 Å². The second-order valence-electron chi connectivity index (χ2n) is 7.85. The Kier molecular flexibility index (Phi) is 12.7. The van der Waals surface area contributed by atoms with E-state index in [4.69, 9.17) is 0 Å². The average Bonchev–Trinajstić information content (AvgIpc) is 3.12. The summed E-state index contributed by atoms with van der Waals surface area (Å²) in [6.07, 6.45) is 20.1. The van der Waals surface area contributed by atoms with E-state index in [1.54, 1.807) is 0 Å². The van der Waals surface area contributed by atoms with Crippen LogP contribution in [0.1, 0.15) is 65.9 Å². The van der Waals surface area contributed by atoms with Crippen LogP contribution in [0.4, 0.5) is 5.69 Å². The summed E-state index contributed by atoms with van der Waals surface area (Å²) in [5.74, 6) is 0.750. The van der Waals surface area contributed by atoms with Crippen LogP contribution in [0, 0.1) is 5.92 Å². The number of amides is 1. The van der Waals surface area contributed by atoms with E-state index in [2.05, 4.69) is 61.2 Å². The smallest absolute Gasteiger partial charge is 0.228 e. The molecule has 0 bridgehead atoms. The number of pyridine rings is 1. The number of carbonyl (C=O) groups is 1. The van der Waals surface area contributed by atoms with Crippen molar-refractivity contribution in [2.45, 2.75) is 60.3 Å². The van der Waals surface area contributed by atoms with Gasteiger partial charge in [-0.05, 0) is 74.8 Å². The lowest BCUT2D eigenvalue weighted by atomic mass is 10.1. The number of aromatic nitrogens is 1. The molecule has 168 valence electrons. The fourth-order valence-electron chi connectivity index (χ4n) is 2.96. The van der Waals surface area contributed by atoms with Crippen LogP contribution in [0.15, 0.2) is 72.8 Å². The number of allylic oxidation sites excluding steroid dienone is 8. The van der Waals surface area contributed by atoms with Crippen molar-refractivity contribution in [3.8, 4) is 0 Å². The molecule has 2 rings (SSSR count). The van der Waals surface area contributed by atoms with Crippen LogP contribution >= 0.6 is 0 Å². The first-order valence-electron chi connectivity index (χ1n) is 11.2. The van der Waals surface area contributed by atoms with Gasteiger partial charge in [-0.3, -0.25) is 9.78 Å². The van der Waals surface area contributed by atoms with E-state index in [9.17, 15) is 4.79 Å². The van der Waals surface area contributed by atoms with Gasteiger partial charge in [0.25, 0.3) is 0 Å². The van der Waals surface area contributed by atoms with E-state index in [0.29, 0.717) is 12.3 Å². The zero-order chi connectivity index (χ0) is 23.1. The van der Waals surface area contributed by atoms with E-state index < -0.39 is 0 Å². The quantitative estimate of drug-likeness (QED) is 0.340. The normalized spacial score (nSPS) is 16.6. The molecular formula is C27H39N3O. The maximum atomic E-state index is 11.4. The van der Waals surface area contributed by atoms with Gasteiger partial charge in [0.05, 0.1) is 12.1 Å². The number of anilines is 1. The topological polar surface area (TPSA) is 54.0 Å². The van der Waals surface area contributed by atoms with Crippen molar-refractivity contribution < 1.29 is 4.79 Å². The van der Waals surface area contributed by atoms with E-state index in [1.165, 1.54) is 12.8 Å². The van der Waals surface area contributed by atoms with Crippen LogP contribution in [0.3, 0.4) is 0 Å². The fraction of sp³-hybridized carbons (Fsp3) is 0.407. The SMILES string of the molecule is C/C=C1/CC(=O)N/C1=C/C=C(\C)c1cncc(NCC)c1.C=CCCC/C=C\C(C)C. The van der Waals surface area contributed by atoms with E-state index >= 15 is 0 Å². The predicted molar refractivity (Wildman–Crippen MR) is 135 cm³/mol. The largest absolute Gasteiger partial charge is 0.384 e. The molecule has 1 saturated heterocycles. The highest BCUT2D eigenvalue weighted by Crippen LogP contribution is 2.21. The summed E-state index contributed by atoms with van der Waals surface area (Å²) >= 11 is 0. The van der Waals surface area contributed by atoms with Crippen molar-refractivity contribution in [3.63, 3.8) is 0 Å². The molecule has 0 saturated carbocycles. The molecule has 1 amide bonds. The molecule has 0 aliphatic carbocycles. The number of hydrogen-bond donors (Lipinski definition) is 2. The number of hydrogen-bond acceptors (Lipinski definition) is 3. The molecule has 1 aliphatic rings. The van der Waals surface area contributed by atoms with Gasteiger partial charge < -0.3 is 10.6 Å². The molecule has 0 aromatic carbocycles. The van der Waals surface area contributed by atoms with Gasteiger partial charge in [0.1, 0.15) is 0 Å². The van der Waals surface area contributed by atoms with Gasteiger partial charge in [-0.15, -0.1) is 6.58 Å². The van der Waals surface area contributed by atoms with Gasteiger partial charge in [0, 0.05) is 24.6 Å². The highest BCUT2D eigenvalue weighted by molar-refractivity contribution is 5.87. The Bertz CT molecular complexity index is 829. The summed E-state index contributed by atoms with van der Waals surface area (Å²) in [5, 5.41) is 6.13. The minimum absolute atomic E-state index is 0.0520. The Labute approximate surface area is 188 Å². The first-order valence-corrected chi connectivity index (χ1v) is 11.2. The zero-order valence-electron chi connectivity index (χ0n) is 19.9. The van der Waals surface area contributed by atoms with Crippen LogP contribution in [-0.4, -0.2) is 17.4 Å². The molecule has 2 heterocycles. The first-order chi connectivity index (χ1) is 14.9. The molecular weight excluding hydrogens is 382 g/mol. The Hall–Kier alpha value is -2.88. The summed E-state index contributed by atoms with van der Waals surface area (Å²) in [4.78, 5) is 15.7. The van der Waals surface area contributed by atoms with Crippen LogP contribution in [0.25, 0.3) is 5.57 Å². The third-order valence-electron chi connectivity index (χ3n) is 4.69. The van der Waals surface area contributed by atoms with Crippen molar-refractivity contribution >= 4 is 17.2 Å². The van der Waals surface area contributed by atoms with Crippen LogP contribution in [-0.2, 0) is 4.79 Å². The molecule has 1 aromatic rings. The van der Waals surface area contributed by atoms with Crippen LogP contribution in [0.5, 0.6) is 0 Å². The molecule has 2 N–H and O–H groups in total. The van der Waals surface area contributed by atoms with Crippen molar-refractivity contribution in [1.29, 1.82) is 0 Å². The summed E-state index contributed by atoms with van der Waals surface area (Å²) in [6, 6.07) is 2.07. The second-order valence-corrected chi connectivity index (χ2v) is 7.85. The minimum atomic E-state index is 0.0520. The van der Waals surface area contributed by atoms with Gasteiger partial charge in [-0.25, -0.2) is 0 Å². The number of unbranched alkanes of at least 4 members (excludes halogenated alkanes) is 2. The molecule has 1 aliphatic heterocycles. The number of rotatable bonds is 9. The van der Waals surface area contributed by atoms with Gasteiger partial charge in [-0.1, -0.05) is 44.2 Å². The van der Waals surface area contributed by atoms with Gasteiger partial charge in [0.15, 0.2) is 0 Å². The monoisotopic (exact) mass is 421 g/mol. The molecule has 31 heavy (non-hydrogen) atoms. The lowest BCUT2D eigenvalue weighted by molar-refractivity contribution is -0.118. The van der Waals surface area contributed by atoms with E-state index in [-0.39, 0.29) is 5.91 Å². The van der Waals surface area contributed by atoms with Gasteiger partial charge in [0.2, 0.25) is 5.91 Å². The first kappa shape index (κ1) is 26.2. The number of nitrogens with zero attached hydrogens (tertiary/aromatic N) is 1. The third kappa shape index (κ3) is 10.6. The molecule has 4 nitrogen and oxygen atoms in total. The average molecular weight is 422 g/mol. The maximum absolute atomic E-state index is 11.4. The Balaban J connectivity index is 0.000000407.